The van der Waals surface area contributed by atoms with Crippen LogP contribution in [0.5, 0.6) is 5.75 Å². The largest absolute Gasteiger partial charge is 0.487 e. The monoisotopic (exact) mass is 339 g/mol. The smallest absolute Gasteiger partial charge is 0.142 e. The van der Waals surface area contributed by atoms with Crippen LogP contribution in [0.3, 0.4) is 0 Å². The molecule has 0 fully saturated rings. The van der Waals surface area contributed by atoms with E-state index in [1.165, 1.54) is 0 Å². The maximum Gasteiger partial charge on any atom is 0.142 e. The van der Waals surface area contributed by atoms with E-state index in [-0.39, 0.29) is 0 Å². The molecule has 0 amide bonds. The van der Waals surface area contributed by atoms with Crippen molar-refractivity contribution >= 4 is 23.2 Å². The number of ether oxygens (including phenoxy) is 2. The van der Waals surface area contributed by atoms with Crippen LogP contribution in [0.2, 0.25) is 10.0 Å². The lowest BCUT2D eigenvalue weighted by atomic mass is 10.2. The first-order chi connectivity index (χ1) is 10.7. The molecule has 0 spiro atoms. The zero-order valence-electron chi connectivity index (χ0n) is 12.4. The van der Waals surface area contributed by atoms with Crippen molar-refractivity contribution in [1.82, 2.24) is 5.32 Å². The van der Waals surface area contributed by atoms with Crippen molar-refractivity contribution < 1.29 is 9.47 Å². The van der Waals surface area contributed by atoms with E-state index >= 15 is 0 Å². The quantitative estimate of drug-likeness (QED) is 0.727. The summed E-state index contributed by atoms with van der Waals surface area (Å²) in [5, 5.41) is 4.39. The van der Waals surface area contributed by atoms with Crippen molar-refractivity contribution in [2.24, 2.45) is 0 Å². The minimum absolute atomic E-state index is 0.466. The van der Waals surface area contributed by atoms with Gasteiger partial charge in [-0.25, -0.2) is 0 Å². The number of rotatable bonds is 8. The average Bonchev–Trinajstić information content (AvgIpc) is 2.51. The maximum absolute atomic E-state index is 6.28. The minimum atomic E-state index is 0.466. The van der Waals surface area contributed by atoms with Crippen molar-refractivity contribution in [3.8, 4) is 5.75 Å². The molecule has 2 rings (SSSR count). The SMILES string of the molecule is COCCNCc1cc(Cl)cc(Cl)c1OCc1ccccc1. The Kier molecular flexibility index (Phi) is 7.00. The molecular formula is C17H19Cl2NO2. The first kappa shape index (κ1) is 17.1. The lowest BCUT2D eigenvalue weighted by Crippen LogP contribution is -2.19. The number of hydrogen-bond donors (Lipinski definition) is 1. The van der Waals surface area contributed by atoms with E-state index in [4.69, 9.17) is 32.7 Å². The third-order valence-electron chi connectivity index (χ3n) is 3.11. The van der Waals surface area contributed by atoms with Crippen LogP contribution in [-0.4, -0.2) is 20.3 Å². The van der Waals surface area contributed by atoms with Crippen molar-refractivity contribution in [1.29, 1.82) is 0 Å². The Morgan fingerprint density at radius 3 is 2.59 bits per heavy atom. The predicted octanol–water partition coefficient (Wildman–Crippen LogP) is 4.31. The van der Waals surface area contributed by atoms with E-state index in [1.54, 1.807) is 13.2 Å². The molecule has 0 aliphatic heterocycles. The maximum atomic E-state index is 6.28. The van der Waals surface area contributed by atoms with Crippen LogP contribution < -0.4 is 10.1 Å². The Bertz CT molecular complexity index is 591. The zero-order chi connectivity index (χ0) is 15.8. The molecule has 0 aliphatic rings. The molecule has 0 saturated carbocycles. The van der Waals surface area contributed by atoms with E-state index in [2.05, 4.69) is 5.32 Å². The number of nitrogens with one attached hydrogen (secondary N) is 1. The molecule has 0 unspecified atom stereocenters. The van der Waals surface area contributed by atoms with E-state index < -0.39 is 0 Å². The van der Waals surface area contributed by atoms with Crippen molar-refractivity contribution in [2.45, 2.75) is 13.2 Å². The van der Waals surface area contributed by atoms with Crippen LogP contribution in [-0.2, 0) is 17.9 Å². The highest BCUT2D eigenvalue weighted by atomic mass is 35.5. The highest BCUT2D eigenvalue weighted by molar-refractivity contribution is 6.35. The van der Waals surface area contributed by atoms with Gasteiger partial charge < -0.3 is 14.8 Å². The molecule has 3 nitrogen and oxygen atoms in total. The number of hydrogen-bond acceptors (Lipinski definition) is 3. The minimum Gasteiger partial charge on any atom is -0.487 e. The average molecular weight is 340 g/mol. The summed E-state index contributed by atoms with van der Waals surface area (Å²) < 4.78 is 10.9. The number of benzene rings is 2. The second-order valence-electron chi connectivity index (χ2n) is 4.82. The Balaban J connectivity index is 2.07. The zero-order valence-corrected chi connectivity index (χ0v) is 14.0. The molecule has 118 valence electrons. The Labute approximate surface area is 141 Å². The molecule has 0 heterocycles. The predicted molar refractivity (Wildman–Crippen MR) is 90.8 cm³/mol. The summed E-state index contributed by atoms with van der Waals surface area (Å²) in [6, 6.07) is 13.5. The summed E-state index contributed by atoms with van der Waals surface area (Å²) in [7, 11) is 1.67. The fourth-order valence-corrected chi connectivity index (χ4v) is 2.62. The summed E-state index contributed by atoms with van der Waals surface area (Å²) in [5.41, 5.74) is 2.02. The molecule has 0 aromatic heterocycles. The van der Waals surface area contributed by atoms with Gasteiger partial charge in [-0.3, -0.25) is 0 Å². The second-order valence-corrected chi connectivity index (χ2v) is 5.66. The Hall–Kier alpha value is -1.26. The fourth-order valence-electron chi connectivity index (χ4n) is 2.03. The fraction of sp³-hybridized carbons (Fsp3) is 0.294. The summed E-state index contributed by atoms with van der Waals surface area (Å²) in [6.45, 7) is 2.48. The van der Waals surface area contributed by atoms with Crippen LogP contribution >= 0.6 is 23.2 Å². The lowest BCUT2D eigenvalue weighted by molar-refractivity contribution is 0.199. The normalized spacial score (nSPS) is 10.7. The molecule has 0 aliphatic carbocycles. The van der Waals surface area contributed by atoms with E-state index in [1.807, 2.05) is 36.4 Å². The van der Waals surface area contributed by atoms with Gasteiger partial charge in [0.05, 0.1) is 11.6 Å². The summed E-state index contributed by atoms with van der Waals surface area (Å²) >= 11 is 12.4. The third-order valence-corrected chi connectivity index (χ3v) is 3.61. The van der Waals surface area contributed by atoms with Crippen LogP contribution in [0.4, 0.5) is 0 Å². The van der Waals surface area contributed by atoms with E-state index in [9.17, 15) is 0 Å². The molecule has 1 N–H and O–H groups in total. The number of halogens is 2. The molecule has 2 aromatic rings. The van der Waals surface area contributed by atoms with Gasteiger partial charge in [-0.15, -0.1) is 0 Å². The highest BCUT2D eigenvalue weighted by Crippen LogP contribution is 2.33. The first-order valence-corrected chi connectivity index (χ1v) is 7.80. The molecule has 0 radical (unpaired) electrons. The summed E-state index contributed by atoms with van der Waals surface area (Å²) in [4.78, 5) is 0. The van der Waals surface area contributed by atoms with Crippen molar-refractivity contribution in [3.05, 3.63) is 63.6 Å². The molecule has 2 aromatic carbocycles. The highest BCUT2D eigenvalue weighted by Gasteiger charge is 2.11. The molecular weight excluding hydrogens is 321 g/mol. The van der Waals surface area contributed by atoms with Gasteiger partial charge in [0.15, 0.2) is 0 Å². The first-order valence-electron chi connectivity index (χ1n) is 7.05. The van der Waals surface area contributed by atoms with E-state index in [0.717, 1.165) is 17.7 Å². The van der Waals surface area contributed by atoms with Crippen LogP contribution in [0, 0.1) is 0 Å². The van der Waals surface area contributed by atoms with Gasteiger partial charge in [-0.05, 0) is 17.7 Å². The summed E-state index contributed by atoms with van der Waals surface area (Å²) in [6.07, 6.45) is 0. The lowest BCUT2D eigenvalue weighted by Gasteiger charge is -2.14. The van der Waals surface area contributed by atoms with E-state index in [0.29, 0.717) is 35.6 Å². The third kappa shape index (κ3) is 5.18. The van der Waals surface area contributed by atoms with Crippen LogP contribution in [0.15, 0.2) is 42.5 Å². The topological polar surface area (TPSA) is 30.5 Å². The molecule has 22 heavy (non-hydrogen) atoms. The van der Waals surface area contributed by atoms with Gasteiger partial charge in [-0.1, -0.05) is 53.5 Å². The van der Waals surface area contributed by atoms with Crippen LogP contribution in [0.1, 0.15) is 11.1 Å². The molecule has 0 bridgehead atoms. The van der Waals surface area contributed by atoms with Crippen molar-refractivity contribution in [2.75, 3.05) is 20.3 Å². The van der Waals surface area contributed by atoms with Gasteiger partial charge in [0, 0.05) is 30.8 Å². The standard InChI is InChI=1S/C17H19Cl2NO2/c1-21-8-7-20-11-14-9-15(18)10-16(19)17(14)22-12-13-5-3-2-4-6-13/h2-6,9-10,20H,7-8,11-12H2,1H3. The molecule has 5 heteroatoms. The molecule has 0 atom stereocenters. The van der Waals surface area contributed by atoms with Gasteiger partial charge in [0.2, 0.25) is 0 Å². The Morgan fingerprint density at radius 2 is 1.86 bits per heavy atom. The van der Waals surface area contributed by atoms with Gasteiger partial charge in [-0.2, -0.15) is 0 Å². The van der Waals surface area contributed by atoms with Gasteiger partial charge in [0.1, 0.15) is 12.4 Å². The Morgan fingerprint density at radius 1 is 1.09 bits per heavy atom. The molecule has 0 saturated heterocycles. The van der Waals surface area contributed by atoms with Crippen molar-refractivity contribution in [3.63, 3.8) is 0 Å². The summed E-state index contributed by atoms with van der Waals surface area (Å²) in [5.74, 6) is 0.667. The van der Waals surface area contributed by atoms with Crippen LogP contribution in [0.25, 0.3) is 0 Å². The second kappa shape index (κ2) is 9.01. The van der Waals surface area contributed by atoms with Gasteiger partial charge >= 0.3 is 0 Å². The number of methoxy groups -OCH3 is 1. The van der Waals surface area contributed by atoms with Gasteiger partial charge in [0.25, 0.3) is 0 Å².